The van der Waals surface area contributed by atoms with Gasteiger partial charge in [0, 0.05) is 32.6 Å². The van der Waals surface area contributed by atoms with Gasteiger partial charge in [-0.2, -0.15) is 0 Å². The van der Waals surface area contributed by atoms with Crippen LogP contribution in [0.1, 0.15) is 64.4 Å². The lowest BCUT2D eigenvalue weighted by atomic mass is 10.0. The van der Waals surface area contributed by atoms with Crippen LogP contribution in [0.3, 0.4) is 0 Å². The topological polar surface area (TPSA) is 195 Å². The van der Waals surface area contributed by atoms with Gasteiger partial charge in [-0.25, -0.2) is 13.6 Å². The van der Waals surface area contributed by atoms with Gasteiger partial charge in [-0.05, 0) is 62.8 Å². The number of aliphatic hydroxyl groups excluding tert-OH is 1. The van der Waals surface area contributed by atoms with Crippen LogP contribution in [0, 0.1) is 11.6 Å². The fraction of sp³-hybridized carbons (Fsp3) is 0.583. The molecule has 0 unspecified atom stereocenters. The molecular formula is C36H48F2N6O9. The molecule has 0 radical (unpaired) electrons. The lowest BCUT2D eigenvalue weighted by Gasteiger charge is -2.35. The van der Waals surface area contributed by atoms with Gasteiger partial charge >= 0.3 is 5.97 Å². The molecule has 3 aliphatic rings. The van der Waals surface area contributed by atoms with Crippen LogP contribution >= 0.6 is 0 Å². The maximum Gasteiger partial charge on any atom is 0.328 e. The van der Waals surface area contributed by atoms with Gasteiger partial charge in [-0.1, -0.05) is 25.8 Å². The fourth-order valence-corrected chi connectivity index (χ4v) is 6.77. The fourth-order valence-electron chi connectivity index (χ4n) is 6.77. The summed E-state index contributed by atoms with van der Waals surface area (Å²) >= 11 is 0. The highest BCUT2D eigenvalue weighted by Gasteiger charge is 2.44. The maximum absolute atomic E-state index is 14.2. The molecule has 15 nitrogen and oxygen atoms in total. The number of nitrogens with zero attached hydrogens (tertiary/aromatic N) is 3. The second-order valence-electron chi connectivity index (χ2n) is 13.5. The molecule has 4 rings (SSSR count). The lowest BCUT2D eigenvalue weighted by molar-refractivity contribution is -0.158. The third-order valence-electron chi connectivity index (χ3n) is 9.64. The van der Waals surface area contributed by atoms with Crippen molar-refractivity contribution in [1.82, 2.24) is 30.7 Å². The van der Waals surface area contributed by atoms with Gasteiger partial charge in [0.15, 0.2) is 0 Å². The zero-order valence-electron chi connectivity index (χ0n) is 30.1. The molecule has 6 atom stereocenters. The van der Waals surface area contributed by atoms with Crippen molar-refractivity contribution >= 4 is 41.4 Å². The predicted octanol–water partition coefficient (Wildman–Crippen LogP) is 0.0861. The van der Waals surface area contributed by atoms with Crippen molar-refractivity contribution in [2.45, 2.75) is 101 Å². The zero-order valence-corrected chi connectivity index (χ0v) is 30.1. The summed E-state index contributed by atoms with van der Waals surface area (Å²) in [4.78, 5) is 98.2. The summed E-state index contributed by atoms with van der Waals surface area (Å²) in [5.74, 6) is -7.23. The number of ether oxygens (including phenoxy) is 1. The Balaban J connectivity index is 1.67. The highest BCUT2D eigenvalue weighted by Crippen LogP contribution is 2.23. The number of esters is 1. The average Bonchev–Trinajstić information content (AvgIpc) is 3.81. The first-order valence-corrected chi connectivity index (χ1v) is 17.9. The van der Waals surface area contributed by atoms with Crippen molar-refractivity contribution in [2.75, 3.05) is 33.4 Å². The summed E-state index contributed by atoms with van der Waals surface area (Å²) in [7, 11) is 1.29. The number of halogens is 2. The van der Waals surface area contributed by atoms with Gasteiger partial charge in [-0.15, -0.1) is 0 Å². The van der Waals surface area contributed by atoms with Crippen molar-refractivity contribution in [2.24, 2.45) is 0 Å². The minimum Gasteiger partial charge on any atom is -0.461 e. The first kappa shape index (κ1) is 40.8. The van der Waals surface area contributed by atoms with E-state index >= 15 is 0 Å². The summed E-state index contributed by atoms with van der Waals surface area (Å²) in [5, 5.41) is 17.7. The maximum atomic E-state index is 14.2. The van der Waals surface area contributed by atoms with Crippen molar-refractivity contribution in [3.05, 3.63) is 47.5 Å². The van der Waals surface area contributed by atoms with E-state index in [1.165, 1.54) is 29.8 Å². The molecule has 3 saturated heterocycles. The smallest absolute Gasteiger partial charge is 0.328 e. The Morgan fingerprint density at radius 2 is 1.64 bits per heavy atom. The molecule has 1 aromatic rings. The monoisotopic (exact) mass is 746 g/mol. The molecule has 1 aromatic carbocycles. The molecule has 3 heterocycles. The predicted molar refractivity (Wildman–Crippen MR) is 184 cm³/mol. The number of aliphatic hydroxyl groups is 1. The van der Waals surface area contributed by atoms with Crippen LogP contribution in [0.15, 0.2) is 30.4 Å². The number of unbranched alkanes of at least 4 members (excludes halogenated alkanes) is 2. The number of carbonyl (C=O) groups excluding carboxylic acids is 7. The van der Waals surface area contributed by atoms with E-state index in [-0.39, 0.29) is 37.9 Å². The highest BCUT2D eigenvalue weighted by atomic mass is 19.1. The summed E-state index contributed by atoms with van der Waals surface area (Å²) in [5.41, 5.74) is 0.0320. The van der Waals surface area contributed by atoms with E-state index in [9.17, 15) is 47.4 Å². The Labute approximate surface area is 306 Å². The number of rotatable bonds is 10. The molecule has 0 aliphatic carbocycles. The number of allylic oxidation sites excluding steroid dienone is 1. The normalized spacial score (nSPS) is 25.2. The minimum absolute atomic E-state index is 0.0320. The molecule has 0 aromatic heterocycles. The number of benzene rings is 1. The largest absolute Gasteiger partial charge is 0.461 e. The van der Waals surface area contributed by atoms with Crippen molar-refractivity contribution in [3.63, 3.8) is 0 Å². The molecule has 53 heavy (non-hydrogen) atoms. The Bertz CT molecular complexity index is 1570. The summed E-state index contributed by atoms with van der Waals surface area (Å²) in [6, 6.07) is -5.14. The molecule has 3 aliphatic heterocycles. The molecule has 0 saturated carbocycles. The van der Waals surface area contributed by atoms with Crippen molar-refractivity contribution < 1.29 is 52.2 Å². The molecule has 0 spiro atoms. The molecule has 17 heteroatoms. The highest BCUT2D eigenvalue weighted by molar-refractivity contribution is 5.98. The van der Waals surface area contributed by atoms with E-state index in [0.29, 0.717) is 25.3 Å². The van der Waals surface area contributed by atoms with Gasteiger partial charge in [0.25, 0.3) is 0 Å². The number of likely N-dealkylation sites (N-methyl/N-ethyl adjacent to an activating group) is 1. The Morgan fingerprint density at radius 1 is 1.00 bits per heavy atom. The van der Waals surface area contributed by atoms with Gasteiger partial charge in [-0.3, -0.25) is 28.8 Å². The Kier molecular flexibility index (Phi) is 14.4. The van der Waals surface area contributed by atoms with E-state index in [2.05, 4.69) is 16.0 Å². The van der Waals surface area contributed by atoms with E-state index in [0.717, 1.165) is 29.9 Å². The lowest BCUT2D eigenvalue weighted by Crippen LogP contribution is -2.61. The molecule has 3 fully saturated rings. The van der Waals surface area contributed by atoms with E-state index in [1.54, 1.807) is 6.08 Å². The third-order valence-corrected chi connectivity index (χ3v) is 9.64. The van der Waals surface area contributed by atoms with Crippen molar-refractivity contribution in [1.29, 1.82) is 0 Å². The van der Waals surface area contributed by atoms with Gasteiger partial charge in [0.1, 0.15) is 54.5 Å². The molecule has 290 valence electrons. The standard InChI is InChI=1S/C36H48F2N6O9/c1-4-5-6-7-12-30(46)40-25(17-22-15-23(37)18-24(38)16-22)31(47)41-26-20-53-36(52)28-11-9-14-44(28)33(49)21(2)39-32(48)29(19-45)42(3)35(51)27-10-8-13-43(27)34(26)50/h7,12,15-16,18,21,25-29,45H,4-6,8-11,13-14,17,19-20H2,1-3H3,(H,39,48)(H,40,46)(H,41,47)/t21-,25-,26-,27-,28-,29-/m0/s1. The zero-order chi connectivity index (χ0) is 38.8. The van der Waals surface area contributed by atoms with Gasteiger partial charge < -0.3 is 40.5 Å². The first-order valence-electron chi connectivity index (χ1n) is 17.9. The number of hydrogen-bond donors (Lipinski definition) is 4. The van der Waals surface area contributed by atoms with Gasteiger partial charge in [0.2, 0.25) is 35.4 Å². The number of amides is 6. The van der Waals surface area contributed by atoms with E-state index in [1.807, 2.05) is 6.92 Å². The number of fused-ring (bicyclic) bond motifs is 2. The van der Waals surface area contributed by atoms with E-state index in [4.69, 9.17) is 4.74 Å². The second-order valence-corrected chi connectivity index (χ2v) is 13.5. The van der Waals surface area contributed by atoms with Crippen LogP contribution < -0.4 is 16.0 Å². The Morgan fingerprint density at radius 3 is 2.28 bits per heavy atom. The van der Waals surface area contributed by atoms with Crippen LogP contribution in [-0.4, -0.2) is 131 Å². The first-order chi connectivity index (χ1) is 25.2. The summed E-state index contributed by atoms with van der Waals surface area (Å²) in [6.45, 7) is 2.12. The number of carbonyl (C=O) groups is 7. The average molecular weight is 747 g/mol. The summed E-state index contributed by atoms with van der Waals surface area (Å²) in [6.07, 6.45) is 5.96. The van der Waals surface area contributed by atoms with Crippen LogP contribution in [0.2, 0.25) is 0 Å². The number of cyclic esters (lactones) is 1. The van der Waals surface area contributed by atoms with Gasteiger partial charge in [0.05, 0.1) is 6.61 Å². The molecular weight excluding hydrogens is 698 g/mol. The number of hydrogen-bond acceptors (Lipinski definition) is 9. The van der Waals surface area contributed by atoms with Crippen LogP contribution in [0.5, 0.6) is 0 Å². The molecule has 4 N–H and O–H groups in total. The van der Waals surface area contributed by atoms with E-state index < -0.39 is 103 Å². The minimum atomic E-state index is -1.61. The Hall–Kier alpha value is -4.93. The van der Waals surface area contributed by atoms with Crippen molar-refractivity contribution in [3.8, 4) is 0 Å². The third kappa shape index (κ3) is 10.4. The van der Waals surface area contributed by atoms with Crippen LogP contribution in [0.4, 0.5) is 8.78 Å². The molecule has 0 bridgehead atoms. The van der Waals surface area contributed by atoms with Crippen LogP contribution in [-0.2, 0) is 44.7 Å². The number of nitrogens with one attached hydrogen (secondary N) is 3. The summed E-state index contributed by atoms with van der Waals surface area (Å²) < 4.78 is 33.8. The molecule has 6 amide bonds. The second kappa shape index (κ2) is 18.7. The SMILES string of the molecule is CCCCC=CC(=O)N[C@@H](Cc1cc(F)cc(F)c1)C(=O)N[C@H]1COC(=O)[C@@H]2CCCN2C(=O)[C@H](C)NC(=O)[C@H](CO)N(C)C(=O)[C@@H]2CCCN2C1=O. The quantitative estimate of drug-likeness (QED) is 0.146. The van der Waals surface area contributed by atoms with Crippen LogP contribution in [0.25, 0.3) is 0 Å².